The summed E-state index contributed by atoms with van der Waals surface area (Å²) in [5.74, 6) is 0.666. The van der Waals surface area contributed by atoms with Gasteiger partial charge in [-0.2, -0.15) is 0 Å². The first-order valence-corrected chi connectivity index (χ1v) is 14.3. The van der Waals surface area contributed by atoms with Gasteiger partial charge in [-0.25, -0.2) is 0 Å². The molecule has 2 N–H and O–H groups in total. The molecule has 0 spiro atoms. The zero-order chi connectivity index (χ0) is 29.3. The Morgan fingerprint density at radius 1 is 1.10 bits per heavy atom. The van der Waals surface area contributed by atoms with Crippen LogP contribution in [-0.4, -0.2) is 39.1 Å². The van der Waals surface area contributed by atoms with Crippen LogP contribution in [0.4, 0.5) is 5.69 Å². The van der Waals surface area contributed by atoms with Crippen molar-refractivity contribution in [2.45, 2.75) is 46.2 Å². The van der Waals surface area contributed by atoms with Gasteiger partial charge in [0.1, 0.15) is 5.75 Å². The summed E-state index contributed by atoms with van der Waals surface area (Å²) in [6.07, 6.45) is 2.07. The summed E-state index contributed by atoms with van der Waals surface area (Å²) in [6, 6.07) is 19.3. The topological polar surface area (TPSA) is 71.4 Å². The van der Waals surface area contributed by atoms with Gasteiger partial charge >= 0.3 is 0 Å². The van der Waals surface area contributed by atoms with Crippen molar-refractivity contribution in [2.75, 3.05) is 19.0 Å². The van der Waals surface area contributed by atoms with E-state index in [1.165, 1.54) is 0 Å². The predicted octanol–water partition coefficient (Wildman–Crippen LogP) is 6.77. The second kappa shape index (κ2) is 11.9. The Balaban J connectivity index is 1.50. The molecule has 2 atom stereocenters. The van der Waals surface area contributed by atoms with Gasteiger partial charge in [0, 0.05) is 41.3 Å². The first kappa shape index (κ1) is 28.6. The van der Waals surface area contributed by atoms with Gasteiger partial charge < -0.3 is 24.8 Å². The summed E-state index contributed by atoms with van der Waals surface area (Å²) >= 11 is 12.3. The lowest BCUT2D eigenvalue weighted by Gasteiger charge is -2.28. The van der Waals surface area contributed by atoms with Crippen molar-refractivity contribution in [3.05, 3.63) is 106 Å². The lowest BCUT2D eigenvalue weighted by Crippen LogP contribution is -2.33. The number of amides is 1. The molecule has 9 heteroatoms. The number of benzene rings is 2. The molecule has 1 amide bonds. The van der Waals surface area contributed by atoms with Gasteiger partial charge in [-0.05, 0) is 99.1 Å². The fourth-order valence-electron chi connectivity index (χ4n) is 5.59. The molecular formula is C32H34ClN5O2S. The number of aromatic nitrogens is 2. The van der Waals surface area contributed by atoms with Gasteiger partial charge in [-0.15, -0.1) is 0 Å². The van der Waals surface area contributed by atoms with E-state index in [2.05, 4.69) is 45.0 Å². The number of pyridine rings is 1. The molecule has 1 aliphatic heterocycles. The van der Waals surface area contributed by atoms with E-state index in [-0.39, 0.29) is 24.4 Å². The highest BCUT2D eigenvalue weighted by molar-refractivity contribution is 7.80. The lowest BCUT2D eigenvalue weighted by molar-refractivity contribution is -0.116. The average molecular weight is 588 g/mol. The molecule has 5 rings (SSSR count). The molecule has 0 radical (unpaired) electrons. The largest absolute Gasteiger partial charge is 0.495 e. The van der Waals surface area contributed by atoms with E-state index in [0.717, 1.165) is 50.9 Å². The molecule has 0 unspecified atom stereocenters. The SMILES string of the molecule is COc1ccc(Cl)cc1-n1c(C)cc([C@H]2[C@H](c3ccccn3)NC(=S)N2CCC(=O)Nc2cc(C)ccc2C)c1C. The summed E-state index contributed by atoms with van der Waals surface area (Å²) in [7, 11) is 1.66. The summed E-state index contributed by atoms with van der Waals surface area (Å²) < 4.78 is 7.84. The van der Waals surface area contributed by atoms with E-state index in [9.17, 15) is 4.79 Å². The van der Waals surface area contributed by atoms with Gasteiger partial charge in [-0.1, -0.05) is 29.8 Å². The molecule has 2 aromatic heterocycles. The molecule has 1 saturated heterocycles. The fourth-order valence-corrected chi connectivity index (χ4v) is 6.08. The number of hydrogen-bond acceptors (Lipinski definition) is 4. The van der Waals surface area contributed by atoms with E-state index in [1.54, 1.807) is 13.3 Å². The number of nitrogens with one attached hydrogen (secondary N) is 2. The maximum absolute atomic E-state index is 13.1. The van der Waals surface area contributed by atoms with E-state index >= 15 is 0 Å². The maximum Gasteiger partial charge on any atom is 0.226 e. The minimum atomic E-state index is -0.194. The van der Waals surface area contributed by atoms with Gasteiger partial charge in [0.25, 0.3) is 0 Å². The summed E-state index contributed by atoms with van der Waals surface area (Å²) in [4.78, 5) is 19.9. The monoisotopic (exact) mass is 587 g/mol. The van der Waals surface area contributed by atoms with Crippen LogP contribution < -0.4 is 15.4 Å². The number of anilines is 1. The van der Waals surface area contributed by atoms with Gasteiger partial charge in [0.15, 0.2) is 5.11 Å². The molecule has 0 bridgehead atoms. The number of methoxy groups -OCH3 is 1. The van der Waals surface area contributed by atoms with Crippen LogP contribution >= 0.6 is 23.8 Å². The molecule has 3 heterocycles. The number of thiocarbonyl (C=S) groups is 1. The number of nitrogens with zero attached hydrogens (tertiary/aromatic N) is 3. The maximum atomic E-state index is 13.1. The van der Waals surface area contributed by atoms with Gasteiger partial charge in [0.2, 0.25) is 5.91 Å². The summed E-state index contributed by atoms with van der Waals surface area (Å²) in [5, 5.41) is 7.79. The molecular weight excluding hydrogens is 554 g/mol. The van der Waals surface area contributed by atoms with Crippen molar-refractivity contribution in [1.29, 1.82) is 0 Å². The van der Waals surface area contributed by atoms with Crippen molar-refractivity contribution < 1.29 is 9.53 Å². The highest BCUT2D eigenvalue weighted by atomic mass is 35.5. The quantitative estimate of drug-likeness (QED) is 0.222. The minimum absolute atomic E-state index is 0.0596. The molecule has 0 aliphatic carbocycles. The van der Waals surface area contributed by atoms with Crippen molar-refractivity contribution in [3.8, 4) is 11.4 Å². The Hall–Kier alpha value is -3.88. The minimum Gasteiger partial charge on any atom is -0.495 e. The number of aryl methyl sites for hydroxylation is 3. The van der Waals surface area contributed by atoms with Gasteiger partial charge in [-0.3, -0.25) is 9.78 Å². The zero-order valence-electron chi connectivity index (χ0n) is 23.9. The van der Waals surface area contributed by atoms with Crippen LogP contribution in [0, 0.1) is 27.7 Å². The normalized spacial score (nSPS) is 16.5. The van der Waals surface area contributed by atoms with E-state index in [1.807, 2.05) is 68.4 Å². The van der Waals surface area contributed by atoms with Crippen LogP contribution in [0.25, 0.3) is 5.69 Å². The van der Waals surface area contributed by atoms with E-state index in [0.29, 0.717) is 16.7 Å². The predicted molar refractivity (Wildman–Crippen MR) is 168 cm³/mol. The molecule has 212 valence electrons. The number of carbonyl (C=O) groups is 1. The molecule has 4 aromatic rings. The van der Waals surface area contributed by atoms with Crippen LogP contribution in [0.5, 0.6) is 5.75 Å². The van der Waals surface area contributed by atoms with E-state index < -0.39 is 0 Å². The van der Waals surface area contributed by atoms with Crippen LogP contribution in [0.1, 0.15) is 52.3 Å². The molecule has 1 aliphatic rings. The van der Waals surface area contributed by atoms with Crippen molar-refractivity contribution in [2.24, 2.45) is 0 Å². The Morgan fingerprint density at radius 2 is 1.90 bits per heavy atom. The highest BCUT2D eigenvalue weighted by Crippen LogP contribution is 2.42. The highest BCUT2D eigenvalue weighted by Gasteiger charge is 2.41. The van der Waals surface area contributed by atoms with E-state index in [4.69, 9.17) is 28.6 Å². The number of halogens is 1. The summed E-state index contributed by atoms with van der Waals surface area (Å²) in [5.41, 5.74) is 7.85. The first-order valence-electron chi connectivity index (χ1n) is 13.6. The third-order valence-electron chi connectivity index (χ3n) is 7.62. The number of carbonyl (C=O) groups excluding carboxylic acids is 1. The Labute approximate surface area is 251 Å². The first-order chi connectivity index (χ1) is 19.7. The fraction of sp³-hybridized carbons (Fsp3) is 0.281. The van der Waals surface area contributed by atoms with Gasteiger partial charge in [0.05, 0.1) is 30.6 Å². The van der Waals surface area contributed by atoms with Crippen molar-refractivity contribution in [1.82, 2.24) is 19.8 Å². The number of ether oxygens (including phenoxy) is 1. The number of hydrogen-bond donors (Lipinski definition) is 2. The second-order valence-corrected chi connectivity index (χ2v) is 11.2. The zero-order valence-corrected chi connectivity index (χ0v) is 25.4. The van der Waals surface area contributed by atoms with Crippen molar-refractivity contribution >= 4 is 40.5 Å². The van der Waals surface area contributed by atoms with Crippen LogP contribution in [0.2, 0.25) is 5.02 Å². The molecule has 41 heavy (non-hydrogen) atoms. The summed E-state index contributed by atoms with van der Waals surface area (Å²) in [6.45, 7) is 8.61. The Bertz CT molecular complexity index is 1600. The van der Waals surface area contributed by atoms with Crippen LogP contribution in [0.15, 0.2) is 66.9 Å². The average Bonchev–Trinajstić information content (AvgIpc) is 3.44. The molecule has 7 nitrogen and oxygen atoms in total. The Morgan fingerprint density at radius 3 is 2.63 bits per heavy atom. The molecule has 2 aromatic carbocycles. The van der Waals surface area contributed by atoms with Crippen LogP contribution in [0.3, 0.4) is 0 Å². The molecule has 0 saturated carbocycles. The van der Waals surface area contributed by atoms with Crippen molar-refractivity contribution in [3.63, 3.8) is 0 Å². The Kier molecular flexibility index (Phi) is 8.33. The molecule has 1 fully saturated rings. The lowest BCUT2D eigenvalue weighted by atomic mass is 9.96. The number of rotatable bonds is 8. The third kappa shape index (κ3) is 5.80. The standard InChI is InChI=1S/C32H34ClN5O2S/c1-19-9-10-20(2)26(16-19)35-29(39)13-15-37-31(30(36-32(37)41)25-8-6-7-14-34-25)24-17-21(3)38(22(24)4)27-18-23(33)11-12-28(27)40-5/h6-12,14,16-18,30-31H,13,15H2,1-5H3,(H,35,39)(H,36,41)/t30-,31-/m0/s1. The third-order valence-corrected chi connectivity index (χ3v) is 8.20. The van der Waals surface area contributed by atoms with Crippen LogP contribution in [-0.2, 0) is 4.79 Å². The second-order valence-electron chi connectivity index (χ2n) is 10.4. The smallest absolute Gasteiger partial charge is 0.226 e.